The number of rotatable bonds is 20. The van der Waals surface area contributed by atoms with E-state index < -0.39 is 137 Å². The van der Waals surface area contributed by atoms with Crippen LogP contribution in [0.15, 0.2) is 0 Å². The Balaban J connectivity index is 2.97. The largest absolute Gasteiger partial charge is 0.472 e. The van der Waals surface area contributed by atoms with E-state index in [1.165, 1.54) is 0 Å². The van der Waals surface area contributed by atoms with Gasteiger partial charge in [0.05, 0.1) is 13.2 Å². The fourth-order valence-corrected chi connectivity index (χ4v) is 8.28. The molecule has 2 fully saturated rings. The van der Waals surface area contributed by atoms with E-state index in [0.717, 1.165) is 0 Å². The lowest BCUT2D eigenvalue weighted by atomic mass is 9.97. The minimum absolute atomic E-state index is 1.74. The van der Waals surface area contributed by atoms with E-state index in [2.05, 4.69) is 36.2 Å². The van der Waals surface area contributed by atoms with Crippen molar-refractivity contribution in [2.75, 3.05) is 13.2 Å². The van der Waals surface area contributed by atoms with Gasteiger partial charge in [-0.3, -0.25) is 36.2 Å². The molecule has 0 saturated carbocycles. The van der Waals surface area contributed by atoms with E-state index in [0.29, 0.717) is 0 Å². The summed E-state index contributed by atoms with van der Waals surface area (Å²) in [5.41, 5.74) is 0. The second-order valence-electron chi connectivity index (χ2n) is 10.2. The van der Waals surface area contributed by atoms with Crippen molar-refractivity contribution in [1.29, 1.82) is 0 Å². The lowest BCUT2D eigenvalue weighted by molar-refractivity contribution is -0.345. The summed E-state index contributed by atoms with van der Waals surface area (Å²) in [5, 5.41) is 0. The second-order valence-corrected chi connectivity index (χ2v) is 19.8. The predicted molar refractivity (Wildman–Crippen MR) is 156 cm³/mol. The molecule has 0 aromatic heterocycles. The summed E-state index contributed by atoms with van der Waals surface area (Å²) < 4.78 is 144. The van der Waals surface area contributed by atoms with Crippen LogP contribution in [0.5, 0.6) is 0 Å². The molecule has 55 heavy (non-hydrogen) atoms. The Morgan fingerprint density at radius 2 is 0.600 bits per heavy atom. The Morgan fingerprint density at radius 3 is 0.945 bits per heavy atom. The first-order valence-corrected chi connectivity index (χ1v) is 25.3. The maximum atomic E-state index is 12.1. The SMILES string of the molecule is O=P(O)(O)OCC1O[C@@H](O[C@@H]2C(COP(=O)(O)O)O[C@@H](OP(=O)(O)O)C(OP(=O)(O)O)[C@H]2OP(=O)(O)O)[C@@H](OP(=O)(O)O)C(OP(=O)(O)O)[C@H]1OP(=O)(O)O. The molecule has 35 nitrogen and oxygen atoms in total. The van der Waals surface area contributed by atoms with Crippen LogP contribution in [0.2, 0.25) is 0 Å². The molecular weight excluding hydrogens is 952 g/mol. The molecule has 0 aromatic carbocycles. The van der Waals surface area contributed by atoms with Crippen LogP contribution in [-0.4, -0.2) is 153 Å². The van der Waals surface area contributed by atoms with Crippen LogP contribution in [0.1, 0.15) is 0 Å². The number of ether oxygens (including phenoxy) is 3. The van der Waals surface area contributed by atoms with Gasteiger partial charge in [-0.1, -0.05) is 0 Å². The van der Waals surface area contributed by atoms with Gasteiger partial charge >= 0.3 is 62.6 Å². The molecule has 0 aromatic rings. The number of phosphoric acid groups is 8. The van der Waals surface area contributed by atoms with Gasteiger partial charge in [-0.15, -0.1) is 0 Å². The van der Waals surface area contributed by atoms with E-state index in [1.807, 2.05) is 0 Å². The smallest absolute Gasteiger partial charge is 0.341 e. The average Bonchev–Trinajstić information content (AvgIpc) is 2.88. The minimum Gasteiger partial charge on any atom is -0.341 e. The molecular formula is C12H30O35P8. The first-order chi connectivity index (χ1) is 24.2. The Labute approximate surface area is 302 Å². The number of hydrogen-bond donors (Lipinski definition) is 16. The zero-order valence-corrected chi connectivity index (χ0v) is 32.8. The van der Waals surface area contributed by atoms with E-state index in [9.17, 15) is 115 Å². The summed E-state index contributed by atoms with van der Waals surface area (Å²) in [6.45, 7) is -3.50. The van der Waals surface area contributed by atoms with Gasteiger partial charge in [0, 0.05) is 0 Å². The average molecular weight is 982 g/mol. The normalized spacial score (nSPS) is 31.1. The Kier molecular flexibility index (Phi) is 17.7. The van der Waals surface area contributed by atoms with Crippen molar-refractivity contribution in [2.45, 2.75) is 61.4 Å². The molecule has 2 aliphatic heterocycles. The maximum absolute atomic E-state index is 12.1. The summed E-state index contributed by atoms with van der Waals surface area (Å²) in [4.78, 5) is 151. The first kappa shape index (κ1) is 51.9. The topological polar surface area (TPSA) is 562 Å². The first-order valence-electron chi connectivity index (χ1n) is 13.0. The minimum atomic E-state index is -6.20. The molecule has 0 amide bonds. The molecule has 328 valence electrons. The van der Waals surface area contributed by atoms with Crippen molar-refractivity contribution >= 4 is 62.6 Å². The van der Waals surface area contributed by atoms with Gasteiger partial charge in [0.15, 0.2) is 18.7 Å². The molecule has 0 spiro atoms. The third-order valence-corrected chi connectivity index (χ3v) is 9.87. The highest BCUT2D eigenvalue weighted by molar-refractivity contribution is 7.48. The highest BCUT2D eigenvalue weighted by Crippen LogP contribution is 2.54. The van der Waals surface area contributed by atoms with Gasteiger partial charge in [-0.25, -0.2) is 36.5 Å². The van der Waals surface area contributed by atoms with Gasteiger partial charge in [-0.2, -0.15) is 0 Å². The summed E-state index contributed by atoms with van der Waals surface area (Å²) >= 11 is 0. The molecule has 2 saturated heterocycles. The summed E-state index contributed by atoms with van der Waals surface area (Å²) in [6, 6.07) is 0. The molecule has 10 atom stereocenters. The molecule has 4 unspecified atom stereocenters. The molecule has 2 aliphatic rings. The summed E-state index contributed by atoms with van der Waals surface area (Å²) in [5.74, 6) is 0. The quantitative estimate of drug-likeness (QED) is 0.0512. The molecule has 0 aliphatic carbocycles. The fraction of sp³-hybridized carbons (Fsp3) is 1.00. The van der Waals surface area contributed by atoms with E-state index in [-0.39, 0.29) is 0 Å². The highest BCUT2D eigenvalue weighted by atomic mass is 31.2. The van der Waals surface area contributed by atoms with Gasteiger partial charge in [0.25, 0.3) is 0 Å². The van der Waals surface area contributed by atoms with Crippen LogP contribution in [0.3, 0.4) is 0 Å². The number of hydrogen-bond acceptors (Lipinski definition) is 19. The molecule has 16 N–H and O–H groups in total. The molecule has 0 radical (unpaired) electrons. The summed E-state index contributed by atoms with van der Waals surface area (Å²) in [7, 11) is -48.1. The molecule has 0 bridgehead atoms. The van der Waals surface area contributed by atoms with Crippen molar-refractivity contribution < 1.29 is 165 Å². The van der Waals surface area contributed by atoms with Crippen LogP contribution in [0.25, 0.3) is 0 Å². The third kappa shape index (κ3) is 20.3. The Hall–Kier alpha value is 0.760. The fourth-order valence-electron chi connectivity index (χ4n) is 4.40. The molecule has 2 heterocycles. The lowest BCUT2D eigenvalue weighted by Gasteiger charge is -2.49. The zero-order valence-electron chi connectivity index (χ0n) is 25.7. The monoisotopic (exact) mass is 982 g/mol. The van der Waals surface area contributed by atoms with E-state index in [4.69, 9.17) is 14.2 Å². The van der Waals surface area contributed by atoms with Crippen LogP contribution in [0.4, 0.5) is 0 Å². The third-order valence-electron chi connectivity index (χ3n) is 5.82. The van der Waals surface area contributed by atoms with Crippen molar-refractivity contribution in [1.82, 2.24) is 0 Å². The van der Waals surface area contributed by atoms with Crippen molar-refractivity contribution in [3.05, 3.63) is 0 Å². The predicted octanol–water partition coefficient (Wildman–Crippen LogP) is -4.46. The van der Waals surface area contributed by atoms with Crippen LogP contribution >= 0.6 is 62.6 Å². The lowest BCUT2D eigenvalue weighted by Crippen LogP contribution is -2.66. The van der Waals surface area contributed by atoms with Crippen LogP contribution in [0, 0.1) is 0 Å². The standard InChI is InChI=1S/C12H30O35P8/c13-48(14,15)37-1-3-5(7(43-51(22,23)24)10(46-54(31,32)33)12(40-3)47-55(34,35)36)41-11-9(45-53(28,29)30)8(44-52(25,26)27)6(42-50(19,20)21)4(39-11)2-38-49(16,17)18/h3-12H,1-2H2,(H2,13,14,15)(H2,16,17,18)(H2,19,20,21)(H2,22,23,24)(H2,25,26,27)(H2,28,29,30)(H2,31,32,33)(H2,34,35,36)/t3?,4?,5-,6+,7+,8?,9+,10?,11+,12+/m1/s1. The van der Waals surface area contributed by atoms with E-state index in [1.54, 1.807) is 0 Å². The zero-order chi connectivity index (χ0) is 43.0. The molecule has 43 heteroatoms. The van der Waals surface area contributed by atoms with Crippen molar-refractivity contribution in [3.8, 4) is 0 Å². The Morgan fingerprint density at radius 1 is 0.327 bits per heavy atom. The second kappa shape index (κ2) is 18.8. The van der Waals surface area contributed by atoms with Crippen LogP contribution < -0.4 is 0 Å². The maximum Gasteiger partial charge on any atom is 0.472 e. The van der Waals surface area contributed by atoms with Crippen molar-refractivity contribution in [3.63, 3.8) is 0 Å². The molecule has 2 rings (SSSR count). The van der Waals surface area contributed by atoms with Crippen molar-refractivity contribution in [2.24, 2.45) is 0 Å². The van der Waals surface area contributed by atoms with Gasteiger partial charge in [0.1, 0.15) is 42.7 Å². The Bertz CT molecular complexity index is 1680. The number of phosphoric ester groups is 8. The van der Waals surface area contributed by atoms with Gasteiger partial charge in [-0.05, 0) is 0 Å². The summed E-state index contributed by atoms with van der Waals surface area (Å²) in [6.07, 6.45) is -30.0. The highest BCUT2D eigenvalue weighted by Gasteiger charge is 2.60. The van der Waals surface area contributed by atoms with Gasteiger partial charge < -0.3 is 92.5 Å². The van der Waals surface area contributed by atoms with Crippen LogP contribution in [-0.2, 0) is 86.9 Å². The van der Waals surface area contributed by atoms with E-state index >= 15 is 0 Å². The van der Waals surface area contributed by atoms with Gasteiger partial charge in [0.2, 0.25) is 0 Å².